The van der Waals surface area contributed by atoms with Crippen molar-refractivity contribution in [1.82, 2.24) is 14.8 Å². The maximum absolute atomic E-state index is 13.6. The number of hydrogen-bond donors (Lipinski definition) is 1. The summed E-state index contributed by atoms with van der Waals surface area (Å²) in [6.45, 7) is 4.11. The predicted molar refractivity (Wildman–Crippen MR) is 92.5 cm³/mol. The first-order chi connectivity index (χ1) is 12.9. The number of hydrogen-bond acceptors (Lipinski definition) is 4. The number of pyridine rings is 1. The molecule has 0 spiro atoms. The van der Waals surface area contributed by atoms with Crippen molar-refractivity contribution in [2.75, 3.05) is 5.43 Å². The summed E-state index contributed by atoms with van der Waals surface area (Å²) >= 11 is 0. The zero-order valence-corrected chi connectivity index (χ0v) is 14.5. The molecule has 0 radical (unpaired) electrons. The summed E-state index contributed by atoms with van der Waals surface area (Å²) in [5, 5.41) is 8.10. The van der Waals surface area contributed by atoms with E-state index in [2.05, 4.69) is 15.2 Å². The molecule has 2 heterocycles. The molecule has 9 heteroatoms. The minimum Gasteiger partial charge on any atom is -0.272 e. The molecule has 3 aromatic rings. The van der Waals surface area contributed by atoms with E-state index >= 15 is 0 Å². The predicted octanol–water partition coefficient (Wildman–Crippen LogP) is 3.95. The zero-order chi connectivity index (χ0) is 19.6. The molecule has 0 unspecified atom stereocenters. The molecule has 0 aliphatic carbocycles. The molecule has 0 fully saturated rings. The third-order valence-electron chi connectivity index (χ3n) is 3.98. The van der Waals surface area contributed by atoms with Gasteiger partial charge in [-0.2, -0.15) is 32.7 Å². The highest BCUT2D eigenvalue weighted by Gasteiger charge is 2.20. The summed E-state index contributed by atoms with van der Waals surface area (Å²) in [6, 6.07) is 9.68. The summed E-state index contributed by atoms with van der Waals surface area (Å²) < 4.78 is 55.1. The van der Waals surface area contributed by atoms with E-state index in [4.69, 9.17) is 0 Å². The standard InChI is InChI=1S/C18H15F4N5/c1-10-13(11(2)27(26-10)9-12-6-4-3-5-7-12)8-23-25-16-14(19)17(21)24-18(22)15(16)20/h3-8H,9H2,1-2H3,(H,24,25)/b23-8-. The first-order valence-electron chi connectivity index (χ1n) is 7.95. The third kappa shape index (κ3) is 3.81. The van der Waals surface area contributed by atoms with Crippen LogP contribution in [0.25, 0.3) is 0 Å². The number of hydrazone groups is 1. The SMILES string of the molecule is Cc1nn(Cc2ccccc2)c(C)c1/C=N\Nc1c(F)c(F)nc(F)c1F. The number of aryl methyl sites for hydroxylation is 1. The number of rotatable bonds is 5. The molecule has 0 amide bonds. The van der Waals surface area contributed by atoms with Crippen LogP contribution in [0.3, 0.4) is 0 Å². The second kappa shape index (κ2) is 7.56. The van der Waals surface area contributed by atoms with Gasteiger partial charge in [0.25, 0.3) is 11.9 Å². The van der Waals surface area contributed by atoms with Crippen molar-refractivity contribution < 1.29 is 17.6 Å². The van der Waals surface area contributed by atoms with Crippen LogP contribution in [0.2, 0.25) is 0 Å². The lowest BCUT2D eigenvalue weighted by molar-refractivity contribution is 0.411. The summed E-state index contributed by atoms with van der Waals surface area (Å²) in [7, 11) is 0. The summed E-state index contributed by atoms with van der Waals surface area (Å²) in [4.78, 5) is 2.48. The average Bonchev–Trinajstić information content (AvgIpc) is 2.91. The van der Waals surface area contributed by atoms with Crippen LogP contribution in [-0.2, 0) is 6.54 Å². The van der Waals surface area contributed by atoms with Crippen LogP contribution in [0.1, 0.15) is 22.5 Å². The minimum atomic E-state index is -1.75. The van der Waals surface area contributed by atoms with Crippen LogP contribution in [0, 0.1) is 37.4 Å². The van der Waals surface area contributed by atoms with Gasteiger partial charge in [-0.1, -0.05) is 30.3 Å². The number of benzene rings is 1. The Kier molecular flexibility index (Phi) is 5.20. The Morgan fingerprint density at radius 3 is 2.30 bits per heavy atom. The molecule has 0 atom stereocenters. The molecule has 0 saturated carbocycles. The molecule has 1 aromatic carbocycles. The van der Waals surface area contributed by atoms with Crippen molar-refractivity contribution >= 4 is 11.9 Å². The number of anilines is 1. The van der Waals surface area contributed by atoms with Gasteiger partial charge < -0.3 is 0 Å². The molecule has 27 heavy (non-hydrogen) atoms. The first-order valence-corrected chi connectivity index (χ1v) is 7.95. The molecular formula is C18H15F4N5. The normalized spacial score (nSPS) is 11.3. The Bertz CT molecular complexity index is 973. The lowest BCUT2D eigenvalue weighted by Crippen LogP contribution is -2.06. The van der Waals surface area contributed by atoms with Crippen molar-refractivity contribution in [3.63, 3.8) is 0 Å². The Labute approximate surface area is 152 Å². The van der Waals surface area contributed by atoms with Crippen molar-refractivity contribution in [1.29, 1.82) is 0 Å². The van der Waals surface area contributed by atoms with Crippen LogP contribution in [0.4, 0.5) is 23.2 Å². The van der Waals surface area contributed by atoms with E-state index < -0.39 is 29.2 Å². The van der Waals surface area contributed by atoms with Gasteiger partial charge in [0.2, 0.25) is 11.6 Å². The van der Waals surface area contributed by atoms with Gasteiger partial charge in [-0.15, -0.1) is 0 Å². The fourth-order valence-electron chi connectivity index (χ4n) is 2.55. The maximum Gasteiger partial charge on any atom is 0.254 e. The summed E-state index contributed by atoms with van der Waals surface area (Å²) in [5.41, 5.74) is 4.02. The molecule has 5 nitrogen and oxygen atoms in total. The Hall–Kier alpha value is -3.23. The lowest BCUT2D eigenvalue weighted by Gasteiger charge is -2.05. The topological polar surface area (TPSA) is 55.1 Å². The van der Waals surface area contributed by atoms with Crippen molar-refractivity contribution in [3.8, 4) is 0 Å². The highest BCUT2D eigenvalue weighted by atomic mass is 19.2. The highest BCUT2D eigenvalue weighted by molar-refractivity contribution is 5.83. The van der Waals surface area contributed by atoms with E-state index in [-0.39, 0.29) is 0 Å². The van der Waals surface area contributed by atoms with Gasteiger partial charge >= 0.3 is 0 Å². The molecule has 1 N–H and O–H groups in total. The van der Waals surface area contributed by atoms with Gasteiger partial charge in [0.15, 0.2) is 0 Å². The van der Waals surface area contributed by atoms with Crippen LogP contribution in [-0.4, -0.2) is 21.0 Å². The molecule has 0 bridgehead atoms. The number of halogens is 4. The smallest absolute Gasteiger partial charge is 0.254 e. The summed E-state index contributed by atoms with van der Waals surface area (Å²) in [5.74, 6) is -6.82. The lowest BCUT2D eigenvalue weighted by atomic mass is 10.2. The van der Waals surface area contributed by atoms with E-state index in [1.807, 2.05) is 42.7 Å². The van der Waals surface area contributed by atoms with Crippen LogP contribution in [0.5, 0.6) is 0 Å². The Morgan fingerprint density at radius 1 is 1.04 bits per heavy atom. The van der Waals surface area contributed by atoms with Crippen molar-refractivity contribution in [2.45, 2.75) is 20.4 Å². The minimum absolute atomic E-state index is 0.540. The monoisotopic (exact) mass is 377 g/mol. The largest absolute Gasteiger partial charge is 0.272 e. The molecule has 0 saturated heterocycles. The second-order valence-corrected chi connectivity index (χ2v) is 5.79. The third-order valence-corrected chi connectivity index (χ3v) is 3.98. The molecule has 0 aliphatic heterocycles. The van der Waals surface area contributed by atoms with Gasteiger partial charge in [-0.05, 0) is 19.4 Å². The fourth-order valence-corrected chi connectivity index (χ4v) is 2.55. The van der Waals surface area contributed by atoms with Crippen LogP contribution < -0.4 is 5.43 Å². The van der Waals surface area contributed by atoms with Crippen LogP contribution in [0.15, 0.2) is 35.4 Å². The summed E-state index contributed by atoms with van der Waals surface area (Å²) in [6.07, 6.45) is 1.29. The fraction of sp³-hybridized carbons (Fsp3) is 0.167. The van der Waals surface area contributed by atoms with Gasteiger partial charge in [-0.25, -0.2) is 0 Å². The van der Waals surface area contributed by atoms with E-state index in [0.29, 0.717) is 17.8 Å². The molecule has 0 aliphatic rings. The first kappa shape index (κ1) is 18.6. The maximum atomic E-state index is 13.6. The van der Waals surface area contributed by atoms with Crippen LogP contribution >= 0.6 is 0 Å². The van der Waals surface area contributed by atoms with Gasteiger partial charge in [0.05, 0.1) is 18.5 Å². The highest BCUT2D eigenvalue weighted by Crippen LogP contribution is 2.22. The quantitative estimate of drug-likeness (QED) is 0.317. The van der Waals surface area contributed by atoms with Crippen molar-refractivity contribution in [3.05, 3.63) is 76.4 Å². The molecule has 3 rings (SSSR count). The van der Waals surface area contributed by atoms with E-state index in [0.717, 1.165) is 11.3 Å². The van der Waals surface area contributed by atoms with Gasteiger partial charge in [-0.3, -0.25) is 10.1 Å². The molecular weight excluding hydrogens is 362 g/mol. The second-order valence-electron chi connectivity index (χ2n) is 5.79. The van der Waals surface area contributed by atoms with E-state index in [9.17, 15) is 17.6 Å². The molecule has 140 valence electrons. The number of aromatic nitrogens is 3. The van der Waals surface area contributed by atoms with Gasteiger partial charge in [0, 0.05) is 11.3 Å². The van der Waals surface area contributed by atoms with Crippen molar-refractivity contribution in [2.24, 2.45) is 5.10 Å². The van der Waals surface area contributed by atoms with Gasteiger partial charge in [0.1, 0.15) is 5.69 Å². The Balaban J connectivity index is 1.83. The zero-order valence-electron chi connectivity index (χ0n) is 14.5. The Morgan fingerprint density at radius 2 is 1.67 bits per heavy atom. The van der Waals surface area contributed by atoms with E-state index in [1.54, 1.807) is 11.6 Å². The average molecular weight is 377 g/mol. The van der Waals surface area contributed by atoms with E-state index in [1.165, 1.54) is 6.21 Å². The number of nitrogens with zero attached hydrogens (tertiary/aromatic N) is 4. The molecule has 2 aromatic heterocycles. The number of nitrogens with one attached hydrogen (secondary N) is 1.